The maximum absolute atomic E-state index is 13.0. The normalized spacial score (nSPS) is 40.3. The molecule has 0 amide bonds. The molecular formula is C28H42F3N3O4. The third kappa shape index (κ3) is 6.29. The van der Waals surface area contributed by atoms with Crippen molar-refractivity contribution in [3.05, 3.63) is 18.1 Å². The van der Waals surface area contributed by atoms with Gasteiger partial charge in [-0.05, 0) is 74.7 Å². The molecule has 0 spiro atoms. The molecule has 1 aliphatic heterocycles. The van der Waals surface area contributed by atoms with Crippen molar-refractivity contribution in [1.29, 1.82) is 0 Å². The van der Waals surface area contributed by atoms with Crippen molar-refractivity contribution in [1.82, 2.24) is 9.97 Å². The van der Waals surface area contributed by atoms with Crippen LogP contribution in [0, 0.1) is 29.6 Å². The van der Waals surface area contributed by atoms with Gasteiger partial charge in [0, 0.05) is 6.20 Å². The minimum absolute atomic E-state index is 0.227. The van der Waals surface area contributed by atoms with Crippen molar-refractivity contribution in [2.45, 2.75) is 120 Å². The molecule has 4 N–H and O–H groups in total. The summed E-state index contributed by atoms with van der Waals surface area (Å²) in [7, 11) is 0. The van der Waals surface area contributed by atoms with E-state index >= 15 is 0 Å². The summed E-state index contributed by atoms with van der Waals surface area (Å²) in [6.07, 6.45) is 6.72. The van der Waals surface area contributed by atoms with E-state index in [0.717, 1.165) is 43.2 Å². The van der Waals surface area contributed by atoms with Gasteiger partial charge in [-0.2, -0.15) is 13.2 Å². The van der Waals surface area contributed by atoms with Crippen molar-refractivity contribution >= 4 is 5.82 Å². The second kappa shape index (κ2) is 11.2. The Morgan fingerprint density at radius 3 is 2.16 bits per heavy atom. The van der Waals surface area contributed by atoms with Crippen LogP contribution in [0.25, 0.3) is 0 Å². The number of halogens is 3. The predicted molar refractivity (Wildman–Crippen MR) is 135 cm³/mol. The van der Waals surface area contributed by atoms with Gasteiger partial charge < -0.3 is 25.4 Å². The number of alkyl halides is 3. The van der Waals surface area contributed by atoms with Crippen molar-refractivity contribution in [3.63, 3.8) is 0 Å². The molecule has 7 nitrogen and oxygen atoms in total. The van der Waals surface area contributed by atoms with Gasteiger partial charge in [-0.15, -0.1) is 0 Å². The zero-order chi connectivity index (χ0) is 27.1. The minimum Gasteiger partial charge on any atom is -0.388 e. The molecular weight excluding hydrogens is 499 g/mol. The van der Waals surface area contributed by atoms with Gasteiger partial charge >= 0.3 is 6.18 Å². The Kier molecular flexibility index (Phi) is 8.25. The van der Waals surface area contributed by atoms with Crippen LogP contribution in [-0.4, -0.2) is 55.4 Å². The van der Waals surface area contributed by atoms with Gasteiger partial charge in [0.25, 0.3) is 0 Å². The second-order valence-corrected chi connectivity index (χ2v) is 12.8. The highest BCUT2D eigenvalue weighted by Gasteiger charge is 2.52. The molecule has 4 aliphatic rings. The lowest BCUT2D eigenvalue weighted by Gasteiger charge is -2.48. The SMILES string of the molecule is C[C@]1(CC2CCC(CC3CCC(CC4CCC4)C3)C2)O[C@H](O)[C@H](Nc2ccnc(C(F)(F)F)n2)[C@@H](O)[C@H]1O. The van der Waals surface area contributed by atoms with Gasteiger partial charge in [0.05, 0.1) is 5.60 Å². The van der Waals surface area contributed by atoms with Crippen LogP contribution in [0.4, 0.5) is 19.0 Å². The summed E-state index contributed by atoms with van der Waals surface area (Å²) in [6.45, 7) is 1.70. The molecule has 214 valence electrons. The van der Waals surface area contributed by atoms with E-state index in [1.54, 1.807) is 6.92 Å². The van der Waals surface area contributed by atoms with E-state index in [0.29, 0.717) is 18.3 Å². The van der Waals surface area contributed by atoms with Crippen LogP contribution in [0.1, 0.15) is 89.8 Å². The maximum Gasteiger partial charge on any atom is 0.451 e. The summed E-state index contributed by atoms with van der Waals surface area (Å²) in [5.41, 5.74) is -1.17. The average molecular weight is 542 g/mol. The standard InChI is InChI=1S/C28H42F3N3O4/c1-27(15-20-8-7-19(14-20)13-18-6-5-17(12-18)11-16-3-2-4-16)24(36)23(35)22(25(37)38-27)33-21-9-10-32-26(34-21)28(29,30)31/h9-10,16-20,22-25,35-37H,2-8,11-15H2,1H3,(H,32,33,34)/t17?,18?,19?,20?,22-,23-,24-,25+,27-/m1/s1. The molecule has 2 heterocycles. The van der Waals surface area contributed by atoms with E-state index in [-0.39, 0.29) is 5.82 Å². The number of nitrogens with zero attached hydrogens (tertiary/aromatic N) is 2. The summed E-state index contributed by atoms with van der Waals surface area (Å²) in [5.74, 6) is 2.15. The van der Waals surface area contributed by atoms with E-state index in [4.69, 9.17) is 4.74 Å². The molecule has 38 heavy (non-hydrogen) atoms. The summed E-state index contributed by atoms with van der Waals surface area (Å²) >= 11 is 0. The molecule has 5 rings (SSSR count). The first kappa shape index (κ1) is 28.1. The average Bonchev–Trinajstić information content (AvgIpc) is 3.46. The number of hydrogen-bond donors (Lipinski definition) is 4. The third-order valence-electron chi connectivity index (χ3n) is 9.79. The van der Waals surface area contributed by atoms with E-state index in [9.17, 15) is 28.5 Å². The first-order chi connectivity index (χ1) is 18.0. The van der Waals surface area contributed by atoms with Crippen LogP contribution < -0.4 is 5.32 Å². The zero-order valence-corrected chi connectivity index (χ0v) is 22.1. The Labute approximate surface area is 222 Å². The number of aromatic nitrogens is 2. The van der Waals surface area contributed by atoms with Crippen LogP contribution in [0.2, 0.25) is 0 Å². The number of aliphatic hydroxyl groups is 3. The largest absolute Gasteiger partial charge is 0.451 e. The predicted octanol–water partition coefficient (Wildman–Crippen LogP) is 4.91. The van der Waals surface area contributed by atoms with Crippen molar-refractivity contribution < 1.29 is 33.2 Å². The van der Waals surface area contributed by atoms with Crippen LogP contribution in [0.3, 0.4) is 0 Å². The number of ether oxygens (including phenoxy) is 1. The minimum atomic E-state index is -4.73. The number of anilines is 1. The molecule has 0 radical (unpaired) electrons. The van der Waals surface area contributed by atoms with E-state index < -0.39 is 42.1 Å². The Morgan fingerprint density at radius 1 is 0.947 bits per heavy atom. The summed E-state index contributed by atoms with van der Waals surface area (Å²) in [4.78, 5) is 6.64. The van der Waals surface area contributed by atoms with Crippen molar-refractivity contribution in [3.8, 4) is 0 Å². The highest BCUT2D eigenvalue weighted by atomic mass is 19.4. The lowest BCUT2D eigenvalue weighted by molar-refractivity contribution is -0.283. The van der Waals surface area contributed by atoms with Crippen molar-refractivity contribution in [2.75, 3.05) is 5.32 Å². The van der Waals surface area contributed by atoms with E-state index in [2.05, 4.69) is 15.3 Å². The molecule has 3 aliphatic carbocycles. The first-order valence-electron chi connectivity index (χ1n) is 14.4. The van der Waals surface area contributed by atoms with Gasteiger partial charge in [0.2, 0.25) is 5.82 Å². The molecule has 0 aromatic carbocycles. The van der Waals surface area contributed by atoms with Crippen LogP contribution in [0.5, 0.6) is 0 Å². The fraction of sp³-hybridized carbons (Fsp3) is 0.857. The molecule has 1 aromatic heterocycles. The fourth-order valence-corrected chi connectivity index (χ4v) is 7.65. The van der Waals surface area contributed by atoms with Crippen LogP contribution >= 0.6 is 0 Å². The Morgan fingerprint density at radius 2 is 1.55 bits per heavy atom. The van der Waals surface area contributed by atoms with Gasteiger partial charge in [-0.1, -0.05) is 44.9 Å². The molecule has 4 unspecified atom stereocenters. The monoisotopic (exact) mass is 541 g/mol. The molecule has 9 atom stereocenters. The van der Waals surface area contributed by atoms with E-state index in [1.165, 1.54) is 57.4 Å². The lowest BCUT2D eigenvalue weighted by atomic mass is 9.78. The Balaban J connectivity index is 1.12. The van der Waals surface area contributed by atoms with Crippen LogP contribution in [-0.2, 0) is 10.9 Å². The van der Waals surface area contributed by atoms with Gasteiger partial charge in [0.15, 0.2) is 6.29 Å². The summed E-state index contributed by atoms with van der Waals surface area (Å²) < 4.78 is 44.7. The molecule has 1 aromatic rings. The number of nitrogens with one attached hydrogen (secondary N) is 1. The molecule has 3 saturated carbocycles. The fourth-order valence-electron chi connectivity index (χ4n) is 7.65. The summed E-state index contributed by atoms with van der Waals surface area (Å²) in [6, 6.07) is -0.0476. The Bertz CT molecular complexity index is 948. The van der Waals surface area contributed by atoms with Gasteiger partial charge in [-0.25, -0.2) is 9.97 Å². The van der Waals surface area contributed by atoms with E-state index in [1.807, 2.05) is 0 Å². The van der Waals surface area contributed by atoms with Crippen LogP contribution in [0.15, 0.2) is 12.3 Å². The first-order valence-corrected chi connectivity index (χ1v) is 14.4. The van der Waals surface area contributed by atoms with Crippen molar-refractivity contribution in [2.24, 2.45) is 29.6 Å². The number of rotatable bonds is 8. The number of hydrogen-bond acceptors (Lipinski definition) is 7. The Hall–Kier alpha value is -1.49. The number of aliphatic hydroxyl groups excluding tert-OH is 3. The molecule has 1 saturated heterocycles. The van der Waals surface area contributed by atoms with Gasteiger partial charge in [-0.3, -0.25) is 0 Å². The van der Waals surface area contributed by atoms with Gasteiger partial charge in [0.1, 0.15) is 24.1 Å². The quantitative estimate of drug-likeness (QED) is 0.371. The second-order valence-electron chi connectivity index (χ2n) is 12.8. The highest BCUT2D eigenvalue weighted by Crippen LogP contribution is 2.47. The molecule has 10 heteroatoms. The zero-order valence-electron chi connectivity index (χ0n) is 22.1. The maximum atomic E-state index is 13.0. The summed E-state index contributed by atoms with van der Waals surface area (Å²) in [5, 5.41) is 35.1. The molecule has 0 bridgehead atoms. The smallest absolute Gasteiger partial charge is 0.388 e. The third-order valence-corrected chi connectivity index (χ3v) is 9.79. The highest BCUT2D eigenvalue weighted by molar-refractivity contribution is 5.36. The lowest BCUT2D eigenvalue weighted by Crippen LogP contribution is -2.65. The molecule has 4 fully saturated rings. The topological polar surface area (TPSA) is 108 Å².